The molecule has 4 heteroatoms. The molecule has 1 N–H and O–H groups in total. The van der Waals surface area contributed by atoms with E-state index in [0.29, 0.717) is 6.42 Å². The lowest BCUT2D eigenvalue weighted by molar-refractivity contribution is -0.121. The number of carbonyl (C=O) groups is 1. The molecule has 0 aliphatic heterocycles. The van der Waals surface area contributed by atoms with Crippen LogP contribution in [0.2, 0.25) is 0 Å². The van der Waals surface area contributed by atoms with Gasteiger partial charge in [-0.2, -0.15) is 0 Å². The number of amides is 1. The second-order valence-electron chi connectivity index (χ2n) is 6.02. The van der Waals surface area contributed by atoms with Gasteiger partial charge in [-0.1, -0.05) is 19.1 Å². The van der Waals surface area contributed by atoms with Crippen LogP contribution in [-0.2, 0) is 11.2 Å². The van der Waals surface area contributed by atoms with Crippen molar-refractivity contribution in [3.8, 4) is 0 Å². The Morgan fingerprint density at radius 3 is 2.48 bits per heavy atom. The molecule has 122 valence electrons. The second-order valence-corrected chi connectivity index (χ2v) is 6.02. The van der Waals surface area contributed by atoms with E-state index in [4.69, 9.17) is 0 Å². The maximum Gasteiger partial charge on any atom is 0.224 e. The Bertz CT molecular complexity index is 650. The number of nitrogens with zero attached hydrogens (tertiary/aromatic N) is 2. The standard InChI is InChI=1S/C19H25N3O/c1-5-17(18-12-14(2)10-11-20-18)21-19(23)13-15-6-8-16(9-7-15)22(3)4/h6-12,17H,5,13H2,1-4H3,(H,21,23)/t17-/m0/s1. The monoisotopic (exact) mass is 311 g/mol. The number of rotatable bonds is 6. The number of carbonyl (C=O) groups excluding carboxylic acids is 1. The highest BCUT2D eigenvalue weighted by Gasteiger charge is 2.14. The molecule has 23 heavy (non-hydrogen) atoms. The van der Waals surface area contributed by atoms with Crippen molar-refractivity contribution in [3.05, 3.63) is 59.4 Å². The van der Waals surface area contributed by atoms with Gasteiger partial charge in [-0.15, -0.1) is 0 Å². The molecule has 0 saturated carbocycles. The Morgan fingerprint density at radius 2 is 1.91 bits per heavy atom. The normalized spacial score (nSPS) is 11.8. The molecule has 2 rings (SSSR count). The van der Waals surface area contributed by atoms with Gasteiger partial charge in [-0.05, 0) is 48.7 Å². The maximum absolute atomic E-state index is 12.3. The largest absolute Gasteiger partial charge is 0.378 e. The molecule has 0 aliphatic carbocycles. The first-order valence-electron chi connectivity index (χ1n) is 7.97. The van der Waals surface area contributed by atoms with Crippen LogP contribution in [0.25, 0.3) is 0 Å². The molecule has 0 bridgehead atoms. The number of nitrogens with one attached hydrogen (secondary N) is 1. The van der Waals surface area contributed by atoms with Gasteiger partial charge in [0.1, 0.15) is 0 Å². The predicted octanol–water partition coefficient (Wildman–Crippen LogP) is 3.27. The van der Waals surface area contributed by atoms with Crippen molar-refractivity contribution in [2.45, 2.75) is 32.7 Å². The molecule has 1 heterocycles. The first-order chi connectivity index (χ1) is 11.0. The molecule has 1 aromatic carbocycles. The maximum atomic E-state index is 12.3. The number of pyridine rings is 1. The van der Waals surface area contributed by atoms with Gasteiger partial charge in [-0.3, -0.25) is 9.78 Å². The SMILES string of the molecule is CC[C@H](NC(=O)Cc1ccc(N(C)C)cc1)c1cc(C)ccn1. The Balaban J connectivity index is 2.00. The average molecular weight is 311 g/mol. The zero-order valence-corrected chi connectivity index (χ0v) is 14.3. The Morgan fingerprint density at radius 1 is 1.22 bits per heavy atom. The fourth-order valence-electron chi connectivity index (χ4n) is 2.48. The van der Waals surface area contributed by atoms with Gasteiger partial charge in [-0.25, -0.2) is 0 Å². The van der Waals surface area contributed by atoms with Gasteiger partial charge in [0.05, 0.1) is 18.2 Å². The minimum atomic E-state index is -0.0385. The van der Waals surface area contributed by atoms with E-state index in [9.17, 15) is 4.79 Å². The van der Waals surface area contributed by atoms with E-state index in [2.05, 4.69) is 17.2 Å². The molecule has 0 radical (unpaired) electrons. The van der Waals surface area contributed by atoms with Crippen molar-refractivity contribution in [2.75, 3.05) is 19.0 Å². The van der Waals surface area contributed by atoms with Gasteiger partial charge in [0.15, 0.2) is 0 Å². The first kappa shape index (κ1) is 17.0. The van der Waals surface area contributed by atoms with Gasteiger partial charge in [0, 0.05) is 26.0 Å². The van der Waals surface area contributed by atoms with E-state index >= 15 is 0 Å². The van der Waals surface area contributed by atoms with Crippen LogP contribution in [-0.4, -0.2) is 25.0 Å². The minimum Gasteiger partial charge on any atom is -0.378 e. The molecule has 2 aromatic rings. The molecule has 0 saturated heterocycles. The van der Waals surface area contributed by atoms with Crippen LogP contribution in [0.3, 0.4) is 0 Å². The van der Waals surface area contributed by atoms with E-state index in [1.165, 1.54) is 0 Å². The number of aryl methyl sites for hydroxylation is 1. The summed E-state index contributed by atoms with van der Waals surface area (Å²) in [6, 6.07) is 12.0. The Kier molecular flexibility index (Phi) is 5.74. The summed E-state index contributed by atoms with van der Waals surface area (Å²) in [6.45, 7) is 4.09. The summed E-state index contributed by atoms with van der Waals surface area (Å²) in [4.78, 5) is 18.7. The van der Waals surface area contributed by atoms with Crippen molar-refractivity contribution in [2.24, 2.45) is 0 Å². The molecular formula is C19H25N3O. The first-order valence-corrected chi connectivity index (χ1v) is 7.97. The third-order valence-electron chi connectivity index (χ3n) is 3.85. The van der Waals surface area contributed by atoms with E-state index in [1.54, 1.807) is 6.20 Å². The van der Waals surface area contributed by atoms with Gasteiger partial charge in [0.25, 0.3) is 0 Å². The minimum absolute atomic E-state index is 0.0257. The Hall–Kier alpha value is -2.36. The molecule has 0 spiro atoms. The van der Waals surface area contributed by atoms with Crippen LogP contribution in [0.15, 0.2) is 42.6 Å². The molecule has 0 unspecified atom stereocenters. The van der Waals surface area contributed by atoms with Crippen LogP contribution in [0.5, 0.6) is 0 Å². The predicted molar refractivity (Wildman–Crippen MR) is 94.6 cm³/mol. The van der Waals surface area contributed by atoms with Crippen molar-refractivity contribution in [1.82, 2.24) is 10.3 Å². The van der Waals surface area contributed by atoms with E-state index < -0.39 is 0 Å². The van der Waals surface area contributed by atoms with Crippen molar-refractivity contribution >= 4 is 11.6 Å². The molecule has 0 fully saturated rings. The van der Waals surface area contributed by atoms with E-state index in [0.717, 1.165) is 28.9 Å². The third-order valence-corrected chi connectivity index (χ3v) is 3.85. The number of anilines is 1. The van der Waals surface area contributed by atoms with Gasteiger partial charge in [0.2, 0.25) is 5.91 Å². The smallest absolute Gasteiger partial charge is 0.224 e. The van der Waals surface area contributed by atoms with Crippen molar-refractivity contribution in [1.29, 1.82) is 0 Å². The van der Waals surface area contributed by atoms with Crippen molar-refractivity contribution in [3.63, 3.8) is 0 Å². The number of benzene rings is 1. The summed E-state index contributed by atoms with van der Waals surface area (Å²) >= 11 is 0. The zero-order chi connectivity index (χ0) is 16.8. The number of aromatic nitrogens is 1. The van der Waals surface area contributed by atoms with Crippen LogP contribution < -0.4 is 10.2 Å². The lowest BCUT2D eigenvalue weighted by atomic mass is 10.1. The molecular weight excluding hydrogens is 286 g/mol. The molecule has 1 atom stereocenters. The van der Waals surface area contributed by atoms with Gasteiger partial charge >= 0.3 is 0 Å². The van der Waals surface area contributed by atoms with Crippen LogP contribution in [0.4, 0.5) is 5.69 Å². The van der Waals surface area contributed by atoms with Crippen LogP contribution >= 0.6 is 0 Å². The van der Waals surface area contributed by atoms with E-state index in [1.807, 2.05) is 62.3 Å². The van der Waals surface area contributed by atoms with E-state index in [-0.39, 0.29) is 11.9 Å². The zero-order valence-electron chi connectivity index (χ0n) is 14.3. The van der Waals surface area contributed by atoms with Crippen molar-refractivity contribution < 1.29 is 4.79 Å². The number of hydrogen-bond donors (Lipinski definition) is 1. The van der Waals surface area contributed by atoms with Crippen LogP contribution in [0.1, 0.15) is 36.2 Å². The molecule has 1 amide bonds. The highest BCUT2D eigenvalue weighted by atomic mass is 16.1. The summed E-state index contributed by atoms with van der Waals surface area (Å²) < 4.78 is 0. The quantitative estimate of drug-likeness (QED) is 0.890. The molecule has 4 nitrogen and oxygen atoms in total. The highest BCUT2D eigenvalue weighted by Crippen LogP contribution is 2.16. The fraction of sp³-hybridized carbons (Fsp3) is 0.368. The molecule has 1 aromatic heterocycles. The topological polar surface area (TPSA) is 45.2 Å². The summed E-state index contributed by atoms with van der Waals surface area (Å²) in [5.41, 5.74) is 4.22. The molecule has 0 aliphatic rings. The average Bonchev–Trinajstić information content (AvgIpc) is 2.53. The van der Waals surface area contributed by atoms with Gasteiger partial charge < -0.3 is 10.2 Å². The second kappa shape index (κ2) is 7.77. The van der Waals surface area contributed by atoms with Crippen LogP contribution in [0, 0.1) is 6.92 Å². The summed E-state index contributed by atoms with van der Waals surface area (Å²) in [5, 5.41) is 3.08. The number of hydrogen-bond acceptors (Lipinski definition) is 3. The fourth-order valence-corrected chi connectivity index (χ4v) is 2.48. The lowest BCUT2D eigenvalue weighted by Gasteiger charge is -2.17. The Labute approximate surface area is 138 Å². The third kappa shape index (κ3) is 4.81. The highest BCUT2D eigenvalue weighted by molar-refractivity contribution is 5.79. The summed E-state index contributed by atoms with van der Waals surface area (Å²) in [6.07, 6.45) is 3.00. The summed E-state index contributed by atoms with van der Waals surface area (Å²) in [7, 11) is 4.00. The lowest BCUT2D eigenvalue weighted by Crippen LogP contribution is -2.30. The summed E-state index contributed by atoms with van der Waals surface area (Å²) in [5.74, 6) is 0.0257.